The van der Waals surface area contributed by atoms with E-state index in [2.05, 4.69) is 17.1 Å². The van der Waals surface area contributed by atoms with Crippen LogP contribution in [0.2, 0.25) is 0 Å². The van der Waals surface area contributed by atoms with Gasteiger partial charge in [-0.1, -0.05) is 39.7 Å². The predicted molar refractivity (Wildman–Crippen MR) is 207 cm³/mol. The van der Waals surface area contributed by atoms with E-state index in [1.807, 2.05) is 61.6 Å². The summed E-state index contributed by atoms with van der Waals surface area (Å²) in [6.07, 6.45) is 7.43. The quantitative estimate of drug-likeness (QED) is 0.0773. The summed E-state index contributed by atoms with van der Waals surface area (Å²) in [5.41, 5.74) is 0.673. The number of unbranched alkanes of at least 4 members (excludes halogenated alkanes) is 2. The highest BCUT2D eigenvalue weighted by molar-refractivity contribution is 7.98. The first-order valence-corrected chi connectivity index (χ1v) is 21.4. The molecule has 3 aromatic carbocycles. The third-order valence-corrected chi connectivity index (χ3v) is 12.7. The molecule has 1 saturated heterocycles. The lowest BCUT2D eigenvalue weighted by Crippen LogP contribution is -2.53. The summed E-state index contributed by atoms with van der Waals surface area (Å²) in [4.78, 5) is 33.6. The number of amides is 2. The molecule has 1 aliphatic rings. The summed E-state index contributed by atoms with van der Waals surface area (Å²) in [5, 5.41) is 3.12. The van der Waals surface area contributed by atoms with Crippen LogP contribution in [0.1, 0.15) is 58.1 Å². The molecule has 0 saturated carbocycles. The second-order valence-corrected chi connectivity index (χ2v) is 16.4. The van der Waals surface area contributed by atoms with Crippen molar-refractivity contribution >= 4 is 42.9 Å². The Balaban J connectivity index is 1.68. The van der Waals surface area contributed by atoms with Crippen LogP contribution in [-0.2, 0) is 14.2 Å². The maximum atomic E-state index is 15.1. The van der Waals surface area contributed by atoms with Crippen LogP contribution in [0.5, 0.6) is 23.0 Å². The van der Waals surface area contributed by atoms with Gasteiger partial charge in [0.25, 0.3) is 0 Å². The van der Waals surface area contributed by atoms with Crippen LogP contribution in [-0.4, -0.2) is 80.3 Å². The lowest BCUT2D eigenvalue weighted by Gasteiger charge is -2.40. The Bertz CT molecular complexity index is 1560. The fraction of sp³-hybridized carbons (Fsp3) is 0.474. The van der Waals surface area contributed by atoms with Crippen LogP contribution in [0, 0.1) is 5.92 Å². The van der Waals surface area contributed by atoms with Crippen molar-refractivity contribution in [3.05, 3.63) is 72.3 Å². The first-order chi connectivity index (χ1) is 24.5. The largest absolute Gasteiger partial charge is 0.493 e. The molecule has 0 unspecified atom stereocenters. The lowest BCUT2D eigenvalue weighted by molar-refractivity contribution is -0.134. The first-order valence-electron chi connectivity index (χ1n) is 17.4. The van der Waals surface area contributed by atoms with E-state index in [0.717, 1.165) is 29.1 Å². The maximum Gasteiger partial charge on any atom is 0.453 e. The van der Waals surface area contributed by atoms with Crippen molar-refractivity contribution < 1.29 is 32.7 Å². The zero-order chi connectivity index (χ0) is 37.0. The van der Waals surface area contributed by atoms with Crippen LogP contribution in [0.3, 0.4) is 0 Å². The Morgan fingerprint density at radius 2 is 1.35 bits per heavy atom. The highest BCUT2D eigenvalue weighted by atomic mass is 32.2. The monoisotopic (exact) mass is 757 g/mol. The molecule has 10 nitrogen and oxygen atoms in total. The number of rotatable bonds is 18. The molecule has 1 fully saturated rings. The lowest BCUT2D eigenvalue weighted by atomic mass is 10.0. The van der Waals surface area contributed by atoms with Gasteiger partial charge in [0.15, 0.2) is 17.3 Å². The average Bonchev–Trinajstić information content (AvgIpc) is 3.14. The maximum absolute atomic E-state index is 15.1. The van der Waals surface area contributed by atoms with Crippen molar-refractivity contribution in [1.82, 2.24) is 15.1 Å². The van der Waals surface area contributed by atoms with Gasteiger partial charge >= 0.3 is 7.60 Å². The SMILES string of the molecule is CCCCCC(=O)N1CCN([C@H](C(=O)N[C@H](C(C)C)P(=O)(Oc2ccc(SC)cc2)Oc2ccc(SC)cc2)c2ccc(OC)c(OC)c2)CC1. The second kappa shape index (κ2) is 19.5. The van der Waals surface area contributed by atoms with Gasteiger partial charge in [-0.3, -0.25) is 14.5 Å². The van der Waals surface area contributed by atoms with E-state index in [9.17, 15) is 9.59 Å². The molecule has 13 heteroatoms. The molecule has 51 heavy (non-hydrogen) atoms. The van der Waals surface area contributed by atoms with Crippen molar-refractivity contribution in [3.8, 4) is 23.0 Å². The van der Waals surface area contributed by atoms with Gasteiger partial charge in [0.05, 0.1) is 14.2 Å². The van der Waals surface area contributed by atoms with Crippen molar-refractivity contribution in [2.45, 2.75) is 68.1 Å². The zero-order valence-corrected chi connectivity index (χ0v) is 33.3. The number of hydrogen-bond acceptors (Lipinski definition) is 10. The first kappa shape index (κ1) is 40.5. The van der Waals surface area contributed by atoms with E-state index in [4.69, 9.17) is 18.5 Å². The number of nitrogens with zero attached hydrogens (tertiary/aromatic N) is 2. The number of hydrogen-bond donors (Lipinski definition) is 1. The van der Waals surface area contributed by atoms with Crippen LogP contribution < -0.4 is 23.8 Å². The molecule has 4 rings (SSSR count). The second-order valence-electron chi connectivity index (χ2n) is 12.7. The number of piperazine rings is 1. The van der Waals surface area contributed by atoms with Gasteiger partial charge in [-0.2, -0.15) is 0 Å². The van der Waals surface area contributed by atoms with Crippen LogP contribution in [0.15, 0.2) is 76.5 Å². The van der Waals surface area contributed by atoms with E-state index in [0.29, 0.717) is 61.2 Å². The Labute approximate surface area is 311 Å². The van der Waals surface area contributed by atoms with E-state index in [-0.39, 0.29) is 17.7 Å². The molecule has 0 aliphatic carbocycles. The predicted octanol–water partition coefficient (Wildman–Crippen LogP) is 8.36. The highest BCUT2D eigenvalue weighted by Gasteiger charge is 2.44. The summed E-state index contributed by atoms with van der Waals surface area (Å²) in [6.45, 7) is 7.84. The van der Waals surface area contributed by atoms with Gasteiger partial charge in [-0.15, -0.1) is 23.5 Å². The molecule has 1 aliphatic heterocycles. The third-order valence-electron chi connectivity index (χ3n) is 8.84. The normalized spacial score (nSPS) is 14.9. The molecular weight excluding hydrogens is 706 g/mol. The number of benzene rings is 3. The Morgan fingerprint density at radius 3 is 1.82 bits per heavy atom. The molecule has 0 spiro atoms. The topological polar surface area (TPSA) is 107 Å². The number of carbonyl (C=O) groups is 2. The highest BCUT2D eigenvalue weighted by Crippen LogP contribution is 2.54. The Kier molecular flexibility index (Phi) is 15.5. The molecule has 2 amide bonds. The number of thioether (sulfide) groups is 2. The molecule has 0 bridgehead atoms. The summed E-state index contributed by atoms with van der Waals surface area (Å²) in [5.74, 6) is 0.162. The fourth-order valence-electron chi connectivity index (χ4n) is 6.00. The van der Waals surface area contributed by atoms with Crippen molar-refractivity contribution in [2.75, 3.05) is 52.9 Å². The molecule has 1 N–H and O–H groups in total. The van der Waals surface area contributed by atoms with Crippen LogP contribution in [0.25, 0.3) is 0 Å². The molecule has 0 aromatic heterocycles. The van der Waals surface area contributed by atoms with Gasteiger partial charge in [-0.05, 0) is 91.1 Å². The molecule has 3 aromatic rings. The minimum absolute atomic E-state index is 0.140. The standard InChI is InChI=1S/C38H52N3O7PS2/c1-8-9-10-11-35(42)40-22-24-41(25-23-40)36(28-12-21-33(45-4)34(26-28)46-5)37(43)39-38(27(2)3)49(44,47-29-13-17-31(50-6)18-14-29)48-30-15-19-32(51-7)20-16-30/h12-21,26-27,36,38H,8-11,22-25H2,1-7H3,(H,39,43)/t36-,38-/m0/s1. The van der Waals surface area contributed by atoms with Crippen molar-refractivity contribution in [3.63, 3.8) is 0 Å². The summed E-state index contributed by atoms with van der Waals surface area (Å²) < 4.78 is 38.8. The minimum atomic E-state index is -4.13. The van der Waals surface area contributed by atoms with Gasteiger partial charge in [0.2, 0.25) is 11.8 Å². The fourth-order valence-corrected chi connectivity index (χ4v) is 8.93. The molecule has 1 heterocycles. The Morgan fingerprint density at radius 1 is 0.804 bits per heavy atom. The van der Waals surface area contributed by atoms with Gasteiger partial charge in [0, 0.05) is 42.4 Å². The number of carbonyl (C=O) groups excluding carboxylic acids is 2. The van der Waals surface area contributed by atoms with Gasteiger partial charge < -0.3 is 28.7 Å². The molecular formula is C38H52N3O7PS2. The summed E-state index contributed by atoms with van der Waals surface area (Å²) >= 11 is 3.18. The number of methoxy groups -OCH3 is 2. The van der Waals surface area contributed by atoms with Crippen LogP contribution in [0.4, 0.5) is 0 Å². The Hall–Kier alpha value is -3.31. The average molecular weight is 758 g/mol. The number of ether oxygens (including phenoxy) is 2. The molecule has 0 radical (unpaired) electrons. The third kappa shape index (κ3) is 10.9. The van der Waals surface area contributed by atoms with E-state index >= 15 is 4.57 Å². The van der Waals surface area contributed by atoms with Gasteiger partial charge in [0.1, 0.15) is 17.5 Å². The van der Waals surface area contributed by atoms with Crippen molar-refractivity contribution in [1.29, 1.82) is 0 Å². The van der Waals surface area contributed by atoms with Gasteiger partial charge in [-0.25, -0.2) is 4.57 Å². The zero-order valence-electron chi connectivity index (χ0n) is 30.8. The van der Waals surface area contributed by atoms with E-state index < -0.39 is 19.4 Å². The van der Waals surface area contributed by atoms with E-state index in [1.54, 1.807) is 74.1 Å². The minimum Gasteiger partial charge on any atom is -0.493 e. The summed E-state index contributed by atoms with van der Waals surface area (Å²) in [7, 11) is -1.01. The number of nitrogens with one attached hydrogen (secondary N) is 1. The van der Waals surface area contributed by atoms with Crippen LogP contribution >= 0.6 is 31.1 Å². The molecule has 278 valence electrons. The smallest absolute Gasteiger partial charge is 0.453 e. The van der Waals surface area contributed by atoms with E-state index in [1.165, 1.54) is 0 Å². The molecule has 2 atom stereocenters. The van der Waals surface area contributed by atoms with Crippen molar-refractivity contribution in [2.24, 2.45) is 5.92 Å². The summed E-state index contributed by atoms with van der Waals surface area (Å²) in [6, 6.07) is 19.2.